The first-order valence-corrected chi connectivity index (χ1v) is 7.32. The number of hydrogen-bond donors (Lipinski definition) is 1. The number of likely N-dealkylation sites (N-methyl/N-ethyl adjacent to an activating group) is 1. The zero-order valence-electron chi connectivity index (χ0n) is 12.2. The molecular weight excluding hydrogens is 250 g/mol. The molecule has 1 fully saturated rings. The first kappa shape index (κ1) is 13.6. The Morgan fingerprint density at radius 3 is 2.90 bits per heavy atom. The largest absolute Gasteiger partial charge is 0.459 e. The Hall–Kier alpha value is -1.36. The van der Waals surface area contributed by atoms with Gasteiger partial charge in [-0.3, -0.25) is 4.90 Å². The summed E-state index contributed by atoms with van der Waals surface area (Å²) in [6, 6.07) is 11.0. The van der Waals surface area contributed by atoms with Crippen LogP contribution in [0.3, 0.4) is 0 Å². The van der Waals surface area contributed by atoms with E-state index in [1.807, 2.05) is 18.2 Å². The molecule has 1 aromatic heterocycles. The van der Waals surface area contributed by atoms with E-state index < -0.39 is 0 Å². The molecule has 2 N–H and O–H groups in total. The molecule has 0 radical (unpaired) electrons. The van der Waals surface area contributed by atoms with Crippen LogP contribution in [0.4, 0.5) is 0 Å². The molecule has 2 aromatic rings. The van der Waals surface area contributed by atoms with Gasteiger partial charge in [-0.2, -0.15) is 0 Å². The first-order valence-electron chi connectivity index (χ1n) is 7.32. The van der Waals surface area contributed by atoms with Gasteiger partial charge in [0.2, 0.25) is 0 Å². The van der Waals surface area contributed by atoms with Crippen LogP contribution in [-0.4, -0.2) is 49.1 Å². The molecule has 1 aliphatic heterocycles. The van der Waals surface area contributed by atoms with Gasteiger partial charge in [0.25, 0.3) is 0 Å². The number of hydrogen-bond acceptors (Lipinski definition) is 4. The molecule has 4 heteroatoms. The maximum atomic E-state index is 6.01. The molecular formula is C16H23N3O. The van der Waals surface area contributed by atoms with Crippen LogP contribution in [0.2, 0.25) is 0 Å². The standard InChI is InChI=1S/C16H23N3O/c1-12(19-8-7-18(2)11-14(19)10-17)16-9-13-5-3-4-6-15(13)20-16/h3-6,9,12,14H,7-8,10-11,17H2,1-2H3. The van der Waals surface area contributed by atoms with Crippen LogP contribution < -0.4 is 5.73 Å². The first-order chi connectivity index (χ1) is 9.69. The lowest BCUT2D eigenvalue weighted by molar-refractivity contribution is 0.0548. The Morgan fingerprint density at radius 2 is 2.15 bits per heavy atom. The van der Waals surface area contributed by atoms with Crippen molar-refractivity contribution in [2.45, 2.75) is 19.0 Å². The van der Waals surface area contributed by atoms with E-state index in [4.69, 9.17) is 10.2 Å². The Bertz CT molecular complexity index is 547. The topological polar surface area (TPSA) is 45.6 Å². The second kappa shape index (κ2) is 5.56. The zero-order chi connectivity index (χ0) is 14.1. The van der Waals surface area contributed by atoms with E-state index >= 15 is 0 Å². The summed E-state index contributed by atoms with van der Waals surface area (Å²) in [5.74, 6) is 1.04. The number of para-hydroxylation sites is 1. The summed E-state index contributed by atoms with van der Waals surface area (Å²) in [7, 11) is 2.16. The minimum atomic E-state index is 0.268. The molecule has 4 nitrogen and oxygen atoms in total. The van der Waals surface area contributed by atoms with Crippen molar-refractivity contribution in [3.05, 3.63) is 36.1 Å². The van der Waals surface area contributed by atoms with E-state index in [0.29, 0.717) is 12.6 Å². The molecule has 1 aliphatic rings. The van der Waals surface area contributed by atoms with Crippen molar-refractivity contribution >= 4 is 11.0 Å². The second-order valence-corrected chi connectivity index (χ2v) is 5.75. The lowest BCUT2D eigenvalue weighted by atomic mass is 10.1. The summed E-state index contributed by atoms with van der Waals surface area (Å²) in [6.45, 7) is 6.05. The minimum Gasteiger partial charge on any atom is -0.459 e. The third-order valence-electron chi connectivity index (χ3n) is 4.36. The van der Waals surface area contributed by atoms with Gasteiger partial charge in [0.1, 0.15) is 11.3 Å². The number of rotatable bonds is 3. The third-order valence-corrected chi connectivity index (χ3v) is 4.36. The Balaban J connectivity index is 1.85. The molecule has 0 amide bonds. The van der Waals surface area contributed by atoms with E-state index in [2.05, 4.69) is 35.9 Å². The molecule has 20 heavy (non-hydrogen) atoms. The van der Waals surface area contributed by atoms with Gasteiger partial charge in [0, 0.05) is 37.6 Å². The molecule has 2 heterocycles. The summed E-state index contributed by atoms with van der Waals surface area (Å²) in [5, 5.41) is 1.17. The van der Waals surface area contributed by atoms with Crippen LogP contribution in [0, 0.1) is 0 Å². The van der Waals surface area contributed by atoms with Crippen molar-refractivity contribution in [2.75, 3.05) is 33.2 Å². The average Bonchev–Trinajstić information content (AvgIpc) is 2.90. The molecule has 108 valence electrons. The fourth-order valence-corrected chi connectivity index (χ4v) is 3.12. The maximum absolute atomic E-state index is 6.01. The minimum absolute atomic E-state index is 0.268. The number of benzene rings is 1. The molecule has 0 aliphatic carbocycles. The van der Waals surface area contributed by atoms with Crippen LogP contribution in [-0.2, 0) is 0 Å². The van der Waals surface area contributed by atoms with Crippen LogP contribution in [0.15, 0.2) is 34.7 Å². The summed E-state index contributed by atoms with van der Waals surface area (Å²) >= 11 is 0. The highest BCUT2D eigenvalue weighted by molar-refractivity contribution is 5.77. The van der Waals surface area contributed by atoms with Gasteiger partial charge >= 0.3 is 0 Å². The lowest BCUT2D eigenvalue weighted by Crippen LogP contribution is -2.55. The molecule has 3 rings (SSSR count). The van der Waals surface area contributed by atoms with E-state index in [1.54, 1.807) is 0 Å². The van der Waals surface area contributed by atoms with E-state index in [-0.39, 0.29) is 6.04 Å². The van der Waals surface area contributed by atoms with Crippen LogP contribution in [0.5, 0.6) is 0 Å². The molecule has 0 spiro atoms. The number of fused-ring (bicyclic) bond motifs is 1. The highest BCUT2D eigenvalue weighted by atomic mass is 16.3. The van der Waals surface area contributed by atoms with Gasteiger partial charge in [-0.25, -0.2) is 0 Å². The predicted octanol–water partition coefficient (Wildman–Crippen LogP) is 2.07. The van der Waals surface area contributed by atoms with Crippen molar-refractivity contribution in [1.29, 1.82) is 0 Å². The van der Waals surface area contributed by atoms with Crippen molar-refractivity contribution in [2.24, 2.45) is 5.73 Å². The fourth-order valence-electron chi connectivity index (χ4n) is 3.12. The molecule has 1 saturated heterocycles. The second-order valence-electron chi connectivity index (χ2n) is 5.75. The predicted molar refractivity (Wildman–Crippen MR) is 81.7 cm³/mol. The SMILES string of the molecule is CC(c1cc2ccccc2o1)N1CCN(C)CC1CN. The zero-order valence-corrected chi connectivity index (χ0v) is 12.2. The molecule has 0 bridgehead atoms. The van der Waals surface area contributed by atoms with Gasteiger partial charge in [-0.1, -0.05) is 18.2 Å². The highest BCUT2D eigenvalue weighted by Crippen LogP contribution is 2.29. The van der Waals surface area contributed by atoms with E-state index in [0.717, 1.165) is 31.0 Å². The Kier molecular flexibility index (Phi) is 3.78. The monoisotopic (exact) mass is 273 g/mol. The van der Waals surface area contributed by atoms with E-state index in [1.165, 1.54) is 5.39 Å². The molecule has 2 atom stereocenters. The number of nitrogens with zero attached hydrogens (tertiary/aromatic N) is 2. The smallest absolute Gasteiger partial charge is 0.134 e. The van der Waals surface area contributed by atoms with Gasteiger partial charge < -0.3 is 15.1 Å². The van der Waals surface area contributed by atoms with Gasteiger partial charge in [-0.15, -0.1) is 0 Å². The van der Waals surface area contributed by atoms with Crippen LogP contribution in [0.25, 0.3) is 11.0 Å². The summed E-state index contributed by atoms with van der Waals surface area (Å²) < 4.78 is 6.01. The Labute approximate surface area is 120 Å². The van der Waals surface area contributed by atoms with Gasteiger partial charge in [0.05, 0.1) is 6.04 Å². The maximum Gasteiger partial charge on any atom is 0.134 e. The lowest BCUT2D eigenvalue weighted by Gasteiger charge is -2.42. The normalized spacial score (nSPS) is 23.2. The van der Waals surface area contributed by atoms with Crippen LogP contribution >= 0.6 is 0 Å². The summed E-state index contributed by atoms with van der Waals surface area (Å²) in [5.41, 5.74) is 6.91. The quantitative estimate of drug-likeness (QED) is 0.930. The van der Waals surface area contributed by atoms with Crippen molar-refractivity contribution in [3.63, 3.8) is 0 Å². The number of nitrogens with two attached hydrogens (primary N) is 1. The molecule has 1 aromatic carbocycles. The van der Waals surface area contributed by atoms with Crippen molar-refractivity contribution in [3.8, 4) is 0 Å². The highest BCUT2D eigenvalue weighted by Gasteiger charge is 2.30. The van der Waals surface area contributed by atoms with Crippen molar-refractivity contribution in [1.82, 2.24) is 9.80 Å². The van der Waals surface area contributed by atoms with Crippen molar-refractivity contribution < 1.29 is 4.42 Å². The van der Waals surface area contributed by atoms with Gasteiger partial charge in [0.15, 0.2) is 0 Å². The fraction of sp³-hybridized carbons (Fsp3) is 0.500. The molecule has 0 saturated carbocycles. The van der Waals surface area contributed by atoms with Gasteiger partial charge in [-0.05, 0) is 26.1 Å². The summed E-state index contributed by atoms with van der Waals surface area (Å²) in [6.07, 6.45) is 0. The van der Waals surface area contributed by atoms with E-state index in [9.17, 15) is 0 Å². The summed E-state index contributed by atoms with van der Waals surface area (Å²) in [4.78, 5) is 4.82. The molecule has 2 unspecified atom stereocenters. The number of piperazine rings is 1. The van der Waals surface area contributed by atoms with Crippen LogP contribution in [0.1, 0.15) is 18.7 Å². The average molecular weight is 273 g/mol. The Morgan fingerprint density at radius 1 is 1.35 bits per heavy atom. The number of furan rings is 1. The third kappa shape index (κ3) is 2.46.